The molecule has 2 aromatic rings. The van der Waals surface area contributed by atoms with Gasteiger partial charge in [0.25, 0.3) is 0 Å². The van der Waals surface area contributed by atoms with E-state index in [4.69, 9.17) is 4.74 Å². The fraction of sp³-hybridized carbons (Fsp3) is 0.389. The highest BCUT2D eigenvalue weighted by molar-refractivity contribution is 7.11. The zero-order valence-electron chi connectivity index (χ0n) is 12.8. The first kappa shape index (κ1) is 15.1. The maximum atomic E-state index is 12.4. The van der Waals surface area contributed by atoms with Gasteiger partial charge in [0.1, 0.15) is 5.75 Å². The molecule has 1 amide bonds. The molecule has 0 saturated carbocycles. The highest BCUT2D eigenvalue weighted by Crippen LogP contribution is 2.26. The van der Waals surface area contributed by atoms with Gasteiger partial charge in [-0.1, -0.05) is 18.2 Å². The number of para-hydroxylation sites is 1. The molecular formula is C18H21NO2S. The molecule has 3 nitrogen and oxygen atoms in total. The molecule has 1 aliphatic heterocycles. The molecule has 0 saturated heterocycles. The van der Waals surface area contributed by atoms with Crippen molar-refractivity contribution in [1.82, 2.24) is 5.32 Å². The molecule has 1 N–H and O–H groups in total. The van der Waals surface area contributed by atoms with Crippen LogP contribution >= 0.6 is 11.3 Å². The van der Waals surface area contributed by atoms with Gasteiger partial charge in [0.2, 0.25) is 5.91 Å². The summed E-state index contributed by atoms with van der Waals surface area (Å²) >= 11 is 1.80. The summed E-state index contributed by atoms with van der Waals surface area (Å²) in [6.45, 7) is 3.42. The average molecular weight is 315 g/mol. The van der Waals surface area contributed by atoms with Crippen molar-refractivity contribution in [1.29, 1.82) is 0 Å². The number of fused-ring (bicyclic) bond motifs is 1. The second kappa shape index (κ2) is 6.97. The summed E-state index contributed by atoms with van der Waals surface area (Å²) in [7, 11) is 0. The highest BCUT2D eigenvalue weighted by Gasteiger charge is 2.23. The predicted octanol–water partition coefficient (Wildman–Crippen LogP) is 3.36. The molecule has 0 radical (unpaired) electrons. The number of carbonyl (C=O) groups is 1. The minimum atomic E-state index is 0.00808. The Kier molecular flexibility index (Phi) is 4.78. The van der Waals surface area contributed by atoms with Crippen LogP contribution in [0.15, 0.2) is 36.4 Å². The highest BCUT2D eigenvalue weighted by atomic mass is 32.1. The lowest BCUT2D eigenvalue weighted by atomic mass is 9.96. The predicted molar refractivity (Wildman–Crippen MR) is 89.5 cm³/mol. The van der Waals surface area contributed by atoms with Gasteiger partial charge in [-0.25, -0.2) is 0 Å². The molecule has 0 fully saturated rings. The molecule has 0 unspecified atom stereocenters. The van der Waals surface area contributed by atoms with E-state index in [0.717, 1.165) is 30.6 Å². The van der Waals surface area contributed by atoms with E-state index in [1.165, 1.54) is 9.75 Å². The summed E-state index contributed by atoms with van der Waals surface area (Å²) in [5, 5.41) is 3.08. The lowest BCUT2D eigenvalue weighted by Crippen LogP contribution is -2.33. The Morgan fingerprint density at radius 1 is 1.32 bits per heavy atom. The van der Waals surface area contributed by atoms with E-state index in [-0.39, 0.29) is 11.8 Å². The minimum Gasteiger partial charge on any atom is -0.493 e. The van der Waals surface area contributed by atoms with Gasteiger partial charge in [0, 0.05) is 22.2 Å². The SMILES string of the molecule is Cc1ccc(CCNC(=O)[C@H]2CCOc3ccccc3C2)s1. The van der Waals surface area contributed by atoms with Crippen molar-refractivity contribution in [2.24, 2.45) is 5.92 Å². The van der Waals surface area contributed by atoms with Crippen LogP contribution in [0, 0.1) is 12.8 Å². The maximum Gasteiger partial charge on any atom is 0.223 e. The topological polar surface area (TPSA) is 38.3 Å². The molecule has 22 heavy (non-hydrogen) atoms. The molecule has 1 aromatic carbocycles. The third-order valence-electron chi connectivity index (χ3n) is 4.00. The summed E-state index contributed by atoms with van der Waals surface area (Å²) < 4.78 is 5.73. The Bertz CT molecular complexity index is 650. The van der Waals surface area contributed by atoms with Crippen molar-refractivity contribution >= 4 is 17.2 Å². The Labute approximate surface area is 135 Å². The van der Waals surface area contributed by atoms with E-state index in [0.29, 0.717) is 13.2 Å². The van der Waals surface area contributed by atoms with Crippen LogP contribution in [-0.2, 0) is 17.6 Å². The smallest absolute Gasteiger partial charge is 0.223 e. The quantitative estimate of drug-likeness (QED) is 0.939. The summed E-state index contributed by atoms with van der Waals surface area (Å²) in [5.74, 6) is 1.08. The molecule has 116 valence electrons. The summed E-state index contributed by atoms with van der Waals surface area (Å²) in [6, 6.07) is 12.3. The summed E-state index contributed by atoms with van der Waals surface area (Å²) in [5.41, 5.74) is 1.13. The number of nitrogens with one attached hydrogen (secondary N) is 1. The van der Waals surface area contributed by atoms with E-state index in [9.17, 15) is 4.79 Å². The first-order valence-corrected chi connectivity index (χ1v) is 8.58. The van der Waals surface area contributed by atoms with Gasteiger partial charge in [0.15, 0.2) is 0 Å². The molecular weight excluding hydrogens is 294 g/mol. The van der Waals surface area contributed by atoms with Crippen molar-refractivity contribution in [3.63, 3.8) is 0 Å². The van der Waals surface area contributed by atoms with Gasteiger partial charge in [-0.3, -0.25) is 4.79 Å². The molecule has 3 rings (SSSR count). The fourth-order valence-electron chi connectivity index (χ4n) is 2.79. The average Bonchev–Trinajstić information content (AvgIpc) is 2.81. The van der Waals surface area contributed by atoms with E-state index >= 15 is 0 Å². The van der Waals surface area contributed by atoms with Crippen molar-refractivity contribution in [3.05, 3.63) is 51.7 Å². The second-order valence-electron chi connectivity index (χ2n) is 5.70. The van der Waals surface area contributed by atoms with Crippen molar-refractivity contribution in [3.8, 4) is 5.75 Å². The Morgan fingerprint density at radius 3 is 3.00 bits per heavy atom. The third kappa shape index (κ3) is 3.69. The first-order chi connectivity index (χ1) is 10.7. The normalized spacial score (nSPS) is 17.2. The molecule has 0 bridgehead atoms. The maximum absolute atomic E-state index is 12.4. The number of rotatable bonds is 4. The largest absolute Gasteiger partial charge is 0.493 e. The molecule has 0 aliphatic carbocycles. The number of carbonyl (C=O) groups excluding carboxylic acids is 1. The lowest BCUT2D eigenvalue weighted by Gasteiger charge is -2.13. The number of amides is 1. The summed E-state index contributed by atoms with van der Waals surface area (Å²) in [4.78, 5) is 15.0. The number of thiophene rings is 1. The minimum absolute atomic E-state index is 0.00808. The van der Waals surface area contributed by atoms with Gasteiger partial charge in [-0.05, 0) is 49.9 Å². The zero-order chi connectivity index (χ0) is 15.4. The first-order valence-electron chi connectivity index (χ1n) is 7.76. The van der Waals surface area contributed by atoms with Gasteiger partial charge in [-0.2, -0.15) is 0 Å². The number of aryl methyl sites for hydroxylation is 1. The Hall–Kier alpha value is -1.81. The number of benzene rings is 1. The van der Waals surface area contributed by atoms with Gasteiger partial charge < -0.3 is 10.1 Å². The van der Waals surface area contributed by atoms with Crippen molar-refractivity contribution < 1.29 is 9.53 Å². The van der Waals surface area contributed by atoms with Gasteiger partial charge >= 0.3 is 0 Å². The number of hydrogen-bond donors (Lipinski definition) is 1. The molecule has 4 heteroatoms. The monoisotopic (exact) mass is 315 g/mol. The zero-order valence-corrected chi connectivity index (χ0v) is 13.6. The fourth-order valence-corrected chi connectivity index (χ4v) is 3.68. The summed E-state index contributed by atoms with van der Waals surface area (Å²) in [6.07, 6.45) is 2.45. The molecule has 1 aromatic heterocycles. The van der Waals surface area contributed by atoms with Crippen molar-refractivity contribution in [2.75, 3.05) is 13.2 Å². The van der Waals surface area contributed by atoms with Crippen molar-refractivity contribution in [2.45, 2.75) is 26.2 Å². The van der Waals surface area contributed by atoms with E-state index in [2.05, 4.69) is 30.4 Å². The van der Waals surface area contributed by atoms with Crippen LogP contribution in [0.2, 0.25) is 0 Å². The van der Waals surface area contributed by atoms with Crippen LogP contribution in [0.1, 0.15) is 21.7 Å². The second-order valence-corrected chi connectivity index (χ2v) is 7.07. The van der Waals surface area contributed by atoms with Crippen LogP contribution in [0.5, 0.6) is 5.75 Å². The van der Waals surface area contributed by atoms with E-state index < -0.39 is 0 Å². The van der Waals surface area contributed by atoms with Crippen LogP contribution < -0.4 is 10.1 Å². The third-order valence-corrected chi connectivity index (χ3v) is 5.06. The lowest BCUT2D eigenvalue weighted by molar-refractivity contribution is -0.125. The van der Waals surface area contributed by atoms with Crippen LogP contribution in [0.4, 0.5) is 0 Å². The van der Waals surface area contributed by atoms with Crippen LogP contribution in [-0.4, -0.2) is 19.1 Å². The standard InChI is InChI=1S/C18H21NO2S/c1-13-6-7-16(22-13)8-10-19-18(20)15-9-11-21-17-5-3-2-4-14(17)12-15/h2-7,15H,8-12H2,1H3,(H,19,20)/t15-/m0/s1. The molecule has 2 heterocycles. The molecule has 1 atom stereocenters. The van der Waals surface area contributed by atoms with E-state index in [1.807, 2.05) is 18.2 Å². The van der Waals surface area contributed by atoms with Crippen LogP contribution in [0.3, 0.4) is 0 Å². The number of ether oxygens (including phenoxy) is 1. The van der Waals surface area contributed by atoms with Gasteiger partial charge in [0.05, 0.1) is 6.61 Å². The van der Waals surface area contributed by atoms with E-state index in [1.54, 1.807) is 11.3 Å². The molecule has 0 spiro atoms. The number of hydrogen-bond acceptors (Lipinski definition) is 3. The Morgan fingerprint density at radius 2 is 2.18 bits per heavy atom. The molecule has 1 aliphatic rings. The van der Waals surface area contributed by atoms with Gasteiger partial charge in [-0.15, -0.1) is 11.3 Å². The van der Waals surface area contributed by atoms with Crippen LogP contribution in [0.25, 0.3) is 0 Å². The Balaban J connectivity index is 1.54.